The highest BCUT2D eigenvalue weighted by Gasteiger charge is 2.42. The molecule has 1 heterocycles. The molecule has 3 rings (SSSR count). The van der Waals surface area contributed by atoms with Crippen LogP contribution in [0, 0.1) is 17.8 Å². The molecule has 0 spiro atoms. The summed E-state index contributed by atoms with van der Waals surface area (Å²) in [6, 6.07) is 0.0144. The van der Waals surface area contributed by atoms with Gasteiger partial charge in [0.25, 0.3) is 0 Å². The first kappa shape index (κ1) is 13.1. The van der Waals surface area contributed by atoms with Crippen LogP contribution in [0.15, 0.2) is 17.3 Å². The average molecular weight is 283 g/mol. The van der Waals surface area contributed by atoms with E-state index in [9.17, 15) is 8.42 Å². The molecule has 6 heteroatoms. The maximum Gasteiger partial charge on any atom is 0.243 e. The van der Waals surface area contributed by atoms with Gasteiger partial charge in [-0.1, -0.05) is 6.42 Å². The number of rotatable bonds is 4. The molecule has 2 fully saturated rings. The Labute approximate surface area is 114 Å². The third-order valence-electron chi connectivity index (χ3n) is 4.77. The van der Waals surface area contributed by atoms with E-state index in [4.69, 9.17) is 0 Å². The molecule has 4 atom stereocenters. The number of hydrogen-bond acceptors (Lipinski definition) is 3. The molecule has 0 unspecified atom stereocenters. The van der Waals surface area contributed by atoms with Crippen molar-refractivity contribution >= 4 is 10.0 Å². The number of nitrogens with zero attached hydrogens (tertiary/aromatic N) is 2. The lowest BCUT2D eigenvalue weighted by Crippen LogP contribution is -2.39. The zero-order chi connectivity index (χ0) is 13.6. The molecule has 1 aromatic rings. The van der Waals surface area contributed by atoms with E-state index in [0.717, 1.165) is 11.8 Å². The van der Waals surface area contributed by atoms with Crippen molar-refractivity contribution in [3.63, 3.8) is 0 Å². The Balaban J connectivity index is 1.71. The van der Waals surface area contributed by atoms with Crippen molar-refractivity contribution in [2.24, 2.45) is 24.8 Å². The lowest BCUT2D eigenvalue weighted by atomic mass is 9.84. The van der Waals surface area contributed by atoms with Gasteiger partial charge in [-0.05, 0) is 43.9 Å². The number of hydrogen-bond donors (Lipinski definition) is 1. The third-order valence-corrected chi connectivity index (χ3v) is 6.28. The molecule has 19 heavy (non-hydrogen) atoms. The van der Waals surface area contributed by atoms with Crippen LogP contribution in [-0.4, -0.2) is 24.2 Å². The first-order chi connectivity index (χ1) is 8.95. The van der Waals surface area contributed by atoms with Crippen LogP contribution in [0.4, 0.5) is 0 Å². The van der Waals surface area contributed by atoms with Crippen molar-refractivity contribution in [2.75, 3.05) is 0 Å². The number of sulfonamides is 1. The minimum absolute atomic E-state index is 0.0144. The molecule has 1 N–H and O–H groups in total. The Kier molecular flexibility index (Phi) is 3.17. The van der Waals surface area contributed by atoms with Crippen molar-refractivity contribution in [2.45, 2.75) is 43.5 Å². The molecule has 5 nitrogen and oxygen atoms in total. The fourth-order valence-corrected chi connectivity index (χ4v) is 5.12. The summed E-state index contributed by atoms with van der Waals surface area (Å²) in [4.78, 5) is 0.255. The van der Waals surface area contributed by atoms with Crippen molar-refractivity contribution in [3.05, 3.63) is 12.4 Å². The number of aromatic nitrogens is 2. The predicted octanol–water partition coefficient (Wildman–Crippen LogP) is 1.52. The molecular formula is C13H21N3O2S. The highest BCUT2D eigenvalue weighted by atomic mass is 32.2. The second-order valence-corrected chi connectivity index (χ2v) is 7.81. The molecule has 2 saturated carbocycles. The van der Waals surface area contributed by atoms with E-state index in [0.29, 0.717) is 5.92 Å². The third kappa shape index (κ3) is 2.43. The van der Waals surface area contributed by atoms with E-state index < -0.39 is 10.0 Å². The predicted molar refractivity (Wildman–Crippen MR) is 71.9 cm³/mol. The number of nitrogens with one attached hydrogen (secondary N) is 1. The zero-order valence-electron chi connectivity index (χ0n) is 11.4. The molecule has 2 bridgehead atoms. The summed E-state index contributed by atoms with van der Waals surface area (Å²) in [5.41, 5.74) is 0. The molecule has 1 aromatic heterocycles. The van der Waals surface area contributed by atoms with Gasteiger partial charge in [0.1, 0.15) is 4.90 Å². The van der Waals surface area contributed by atoms with Crippen LogP contribution >= 0.6 is 0 Å². The quantitative estimate of drug-likeness (QED) is 0.911. The zero-order valence-corrected chi connectivity index (χ0v) is 12.2. The topological polar surface area (TPSA) is 64.0 Å². The minimum Gasteiger partial charge on any atom is -0.274 e. The van der Waals surface area contributed by atoms with Gasteiger partial charge in [0, 0.05) is 19.3 Å². The highest BCUT2D eigenvalue weighted by molar-refractivity contribution is 7.89. The van der Waals surface area contributed by atoms with Crippen LogP contribution < -0.4 is 4.72 Å². The van der Waals surface area contributed by atoms with Crippen molar-refractivity contribution in [1.29, 1.82) is 0 Å². The van der Waals surface area contributed by atoms with Crippen molar-refractivity contribution in [3.8, 4) is 0 Å². The SMILES string of the molecule is C[C@@H](NS(=O)(=O)c1cnn(C)c1)[C@@H]1C[C@@H]2CC[C@@H]1C2. The Morgan fingerprint density at radius 2 is 2.21 bits per heavy atom. The molecule has 2 aliphatic carbocycles. The van der Waals surface area contributed by atoms with Crippen LogP contribution in [-0.2, 0) is 17.1 Å². The van der Waals surface area contributed by atoms with Crippen molar-refractivity contribution < 1.29 is 8.42 Å². The molecule has 0 aliphatic heterocycles. The highest BCUT2D eigenvalue weighted by Crippen LogP contribution is 2.49. The van der Waals surface area contributed by atoms with E-state index in [1.54, 1.807) is 7.05 Å². The summed E-state index contributed by atoms with van der Waals surface area (Å²) in [5, 5.41) is 3.92. The van der Waals surface area contributed by atoms with Gasteiger partial charge >= 0.3 is 0 Å². The molecular weight excluding hydrogens is 262 g/mol. The van der Waals surface area contributed by atoms with Gasteiger partial charge in [0.05, 0.1) is 6.20 Å². The second kappa shape index (κ2) is 4.59. The Morgan fingerprint density at radius 3 is 2.74 bits per heavy atom. The fourth-order valence-electron chi connectivity index (χ4n) is 3.84. The standard InChI is InChI=1S/C13H21N3O2S/c1-9(13-6-10-3-4-11(13)5-10)15-19(17,18)12-7-14-16(2)8-12/h7-11,13,15H,3-6H2,1-2H3/t9-,10-,11-,13+/m1/s1. The smallest absolute Gasteiger partial charge is 0.243 e. The van der Waals surface area contributed by atoms with Gasteiger partial charge in [-0.2, -0.15) is 5.10 Å². The largest absolute Gasteiger partial charge is 0.274 e. The first-order valence-corrected chi connectivity index (χ1v) is 8.45. The Hall–Kier alpha value is -0.880. The maximum atomic E-state index is 12.3. The maximum absolute atomic E-state index is 12.3. The minimum atomic E-state index is -3.43. The molecule has 0 saturated heterocycles. The Bertz CT molecular complexity index is 566. The molecule has 0 aromatic carbocycles. The lowest BCUT2D eigenvalue weighted by molar-refractivity contribution is 0.280. The van der Waals surface area contributed by atoms with Crippen molar-refractivity contribution in [1.82, 2.24) is 14.5 Å². The van der Waals surface area contributed by atoms with Gasteiger partial charge in [-0.15, -0.1) is 0 Å². The van der Waals surface area contributed by atoms with Gasteiger partial charge < -0.3 is 0 Å². The van der Waals surface area contributed by atoms with Crippen LogP contribution in [0.1, 0.15) is 32.6 Å². The molecule has 0 amide bonds. The summed E-state index contributed by atoms with van der Waals surface area (Å²) in [5.74, 6) is 2.06. The van der Waals surface area contributed by atoms with E-state index in [1.165, 1.54) is 42.8 Å². The summed E-state index contributed by atoms with van der Waals surface area (Å²) in [6.07, 6.45) is 8.02. The van der Waals surface area contributed by atoms with Crippen LogP contribution in [0.3, 0.4) is 0 Å². The van der Waals surface area contributed by atoms with Gasteiger partial charge in [0.2, 0.25) is 10.0 Å². The number of aryl methyl sites for hydroxylation is 1. The normalized spacial score (nSPS) is 31.8. The van der Waals surface area contributed by atoms with E-state index >= 15 is 0 Å². The summed E-state index contributed by atoms with van der Waals surface area (Å²) >= 11 is 0. The summed E-state index contributed by atoms with van der Waals surface area (Å²) in [6.45, 7) is 2.00. The molecule has 0 radical (unpaired) electrons. The van der Waals surface area contributed by atoms with E-state index in [-0.39, 0.29) is 10.9 Å². The summed E-state index contributed by atoms with van der Waals surface area (Å²) in [7, 11) is -1.71. The van der Waals surface area contributed by atoms with Crippen LogP contribution in [0.25, 0.3) is 0 Å². The van der Waals surface area contributed by atoms with Gasteiger partial charge in [-0.25, -0.2) is 13.1 Å². The van der Waals surface area contributed by atoms with Crippen LogP contribution in [0.2, 0.25) is 0 Å². The van der Waals surface area contributed by atoms with Crippen LogP contribution in [0.5, 0.6) is 0 Å². The Morgan fingerprint density at radius 1 is 1.42 bits per heavy atom. The summed E-state index contributed by atoms with van der Waals surface area (Å²) < 4.78 is 28.9. The van der Waals surface area contributed by atoms with E-state index in [2.05, 4.69) is 9.82 Å². The van der Waals surface area contributed by atoms with Gasteiger partial charge in [-0.3, -0.25) is 4.68 Å². The second-order valence-electron chi connectivity index (χ2n) is 6.10. The number of fused-ring (bicyclic) bond motifs is 2. The van der Waals surface area contributed by atoms with Gasteiger partial charge in [0.15, 0.2) is 0 Å². The molecule has 106 valence electrons. The monoisotopic (exact) mass is 283 g/mol. The fraction of sp³-hybridized carbons (Fsp3) is 0.769. The average Bonchev–Trinajstić information content (AvgIpc) is 3.02. The lowest BCUT2D eigenvalue weighted by Gasteiger charge is -2.28. The molecule has 2 aliphatic rings. The van der Waals surface area contributed by atoms with E-state index in [1.807, 2.05) is 6.92 Å². The first-order valence-electron chi connectivity index (χ1n) is 6.96.